The molecule has 0 fully saturated rings. The third-order valence-corrected chi connectivity index (χ3v) is 1.64. The smallest absolute Gasteiger partial charge is 0.302 e. The summed E-state index contributed by atoms with van der Waals surface area (Å²) in [5, 5.41) is 0. The van der Waals surface area contributed by atoms with Crippen LogP contribution < -0.4 is 0 Å². The van der Waals surface area contributed by atoms with E-state index in [0.717, 1.165) is 25.7 Å². The minimum atomic E-state index is -0.183. The van der Waals surface area contributed by atoms with Crippen molar-refractivity contribution in [1.29, 1.82) is 0 Å². The summed E-state index contributed by atoms with van der Waals surface area (Å²) in [6.07, 6.45) is 5.76. The van der Waals surface area contributed by atoms with E-state index in [9.17, 15) is 4.79 Å². The third-order valence-electron chi connectivity index (χ3n) is 1.64. The van der Waals surface area contributed by atoms with Crippen LogP contribution in [-0.4, -0.2) is 12.1 Å². The summed E-state index contributed by atoms with van der Waals surface area (Å²) in [4.78, 5) is 10.6. The molecule has 2 nitrogen and oxygen atoms in total. The van der Waals surface area contributed by atoms with Crippen molar-refractivity contribution in [1.82, 2.24) is 0 Å². The summed E-state index contributed by atoms with van der Waals surface area (Å²) >= 11 is 0. The largest absolute Gasteiger partial charge is 0.463 e. The Bertz CT molecular complexity index is 141. The van der Waals surface area contributed by atoms with E-state index >= 15 is 0 Å². The van der Waals surface area contributed by atoms with E-state index in [1.54, 1.807) is 0 Å². The quantitative estimate of drug-likeness (QED) is 0.452. The van der Waals surface area contributed by atoms with Crippen molar-refractivity contribution >= 4 is 5.97 Å². The van der Waals surface area contributed by atoms with Crippen LogP contribution in [0, 0.1) is 0 Å². The Kier molecular flexibility index (Phi) is 6.44. The number of allylic oxidation sites excluding steroid dienone is 1. The van der Waals surface area contributed by atoms with E-state index < -0.39 is 0 Å². The van der Waals surface area contributed by atoms with Crippen molar-refractivity contribution in [2.75, 3.05) is 0 Å². The van der Waals surface area contributed by atoms with Gasteiger partial charge >= 0.3 is 5.97 Å². The molecule has 0 aliphatic rings. The molecule has 2 heteroatoms. The van der Waals surface area contributed by atoms with Crippen molar-refractivity contribution in [3.05, 3.63) is 12.7 Å². The summed E-state index contributed by atoms with van der Waals surface area (Å²) < 4.78 is 5.11. The van der Waals surface area contributed by atoms with Crippen LogP contribution in [0.2, 0.25) is 0 Å². The number of rotatable bonds is 6. The van der Waals surface area contributed by atoms with Crippen molar-refractivity contribution < 1.29 is 9.53 Å². The van der Waals surface area contributed by atoms with Gasteiger partial charge in [0.05, 0.1) is 0 Å². The van der Waals surface area contributed by atoms with Crippen LogP contribution in [0.3, 0.4) is 0 Å². The molecule has 0 rings (SSSR count). The molecule has 0 radical (unpaired) electrons. The maximum Gasteiger partial charge on any atom is 0.302 e. The van der Waals surface area contributed by atoms with Gasteiger partial charge in [-0.15, -0.1) is 6.58 Å². The highest BCUT2D eigenvalue weighted by Gasteiger charge is 2.08. The van der Waals surface area contributed by atoms with Gasteiger partial charge in [0.2, 0.25) is 0 Å². The molecule has 0 aromatic carbocycles. The van der Waals surface area contributed by atoms with Gasteiger partial charge in [-0.2, -0.15) is 0 Å². The standard InChI is InChI=1S/C10H18O2/c1-4-6-8-10(7-5-2)12-9(3)11/h4,10H,1,5-8H2,2-3H3. The lowest BCUT2D eigenvalue weighted by Crippen LogP contribution is -2.15. The van der Waals surface area contributed by atoms with Gasteiger partial charge in [0.15, 0.2) is 0 Å². The molecule has 0 bridgehead atoms. The number of hydrogen-bond donors (Lipinski definition) is 0. The Morgan fingerprint density at radius 1 is 1.58 bits per heavy atom. The minimum Gasteiger partial charge on any atom is -0.463 e. The lowest BCUT2D eigenvalue weighted by Gasteiger charge is -2.14. The Morgan fingerprint density at radius 3 is 2.67 bits per heavy atom. The maximum absolute atomic E-state index is 10.6. The molecule has 0 N–H and O–H groups in total. The van der Waals surface area contributed by atoms with Crippen molar-refractivity contribution in [2.24, 2.45) is 0 Å². The first-order valence-corrected chi connectivity index (χ1v) is 4.48. The Morgan fingerprint density at radius 2 is 2.25 bits per heavy atom. The van der Waals surface area contributed by atoms with Crippen LogP contribution in [-0.2, 0) is 9.53 Å². The zero-order valence-corrected chi connectivity index (χ0v) is 8.01. The van der Waals surface area contributed by atoms with Crippen LogP contribution in [0.15, 0.2) is 12.7 Å². The van der Waals surface area contributed by atoms with Gasteiger partial charge in [0.1, 0.15) is 6.10 Å². The third kappa shape index (κ3) is 5.96. The molecule has 12 heavy (non-hydrogen) atoms. The highest BCUT2D eigenvalue weighted by molar-refractivity contribution is 5.66. The number of ether oxygens (including phenoxy) is 1. The van der Waals surface area contributed by atoms with E-state index in [1.807, 2.05) is 6.08 Å². The van der Waals surface area contributed by atoms with Crippen LogP contribution in [0.25, 0.3) is 0 Å². The lowest BCUT2D eigenvalue weighted by atomic mass is 10.1. The molecule has 0 saturated carbocycles. The zero-order chi connectivity index (χ0) is 9.40. The molecule has 0 aromatic heterocycles. The maximum atomic E-state index is 10.6. The topological polar surface area (TPSA) is 26.3 Å². The summed E-state index contributed by atoms with van der Waals surface area (Å²) in [7, 11) is 0. The number of carbonyl (C=O) groups is 1. The van der Waals surface area contributed by atoms with E-state index in [1.165, 1.54) is 6.92 Å². The molecule has 0 spiro atoms. The molecule has 70 valence electrons. The predicted octanol–water partition coefficient (Wildman–Crippen LogP) is 2.68. The highest BCUT2D eigenvalue weighted by Crippen LogP contribution is 2.09. The normalized spacial score (nSPS) is 12.2. The molecular weight excluding hydrogens is 152 g/mol. The summed E-state index contributed by atoms with van der Waals surface area (Å²) in [6, 6.07) is 0. The molecule has 0 amide bonds. The Hall–Kier alpha value is -0.790. The molecule has 1 atom stereocenters. The highest BCUT2D eigenvalue weighted by atomic mass is 16.5. The first-order valence-electron chi connectivity index (χ1n) is 4.48. The van der Waals surface area contributed by atoms with E-state index in [0.29, 0.717) is 0 Å². The molecule has 0 aliphatic carbocycles. The molecule has 0 aliphatic heterocycles. The van der Waals surface area contributed by atoms with Crippen LogP contribution >= 0.6 is 0 Å². The Balaban J connectivity index is 3.68. The average Bonchev–Trinajstić information content (AvgIpc) is 2.00. The molecular formula is C10H18O2. The van der Waals surface area contributed by atoms with Crippen LogP contribution in [0.1, 0.15) is 39.5 Å². The summed E-state index contributed by atoms with van der Waals surface area (Å²) in [6.45, 7) is 7.17. The van der Waals surface area contributed by atoms with E-state index in [2.05, 4.69) is 13.5 Å². The van der Waals surface area contributed by atoms with Crippen LogP contribution in [0.5, 0.6) is 0 Å². The number of carbonyl (C=O) groups excluding carboxylic acids is 1. The summed E-state index contributed by atoms with van der Waals surface area (Å²) in [5.74, 6) is -0.183. The van der Waals surface area contributed by atoms with Crippen molar-refractivity contribution in [3.63, 3.8) is 0 Å². The first kappa shape index (κ1) is 11.2. The van der Waals surface area contributed by atoms with Gasteiger partial charge in [-0.3, -0.25) is 4.79 Å². The van der Waals surface area contributed by atoms with Gasteiger partial charge in [0, 0.05) is 6.92 Å². The van der Waals surface area contributed by atoms with E-state index in [-0.39, 0.29) is 12.1 Å². The first-order chi connectivity index (χ1) is 5.70. The molecule has 0 aromatic rings. The fourth-order valence-corrected chi connectivity index (χ4v) is 1.12. The van der Waals surface area contributed by atoms with Crippen molar-refractivity contribution in [2.45, 2.75) is 45.6 Å². The lowest BCUT2D eigenvalue weighted by molar-refractivity contribution is -0.146. The zero-order valence-electron chi connectivity index (χ0n) is 8.01. The van der Waals surface area contributed by atoms with Gasteiger partial charge in [-0.1, -0.05) is 19.4 Å². The Labute approximate surface area is 74.6 Å². The second kappa shape index (κ2) is 6.89. The average molecular weight is 170 g/mol. The number of esters is 1. The van der Waals surface area contributed by atoms with Gasteiger partial charge in [0.25, 0.3) is 0 Å². The van der Waals surface area contributed by atoms with Gasteiger partial charge < -0.3 is 4.74 Å². The summed E-state index contributed by atoms with van der Waals surface area (Å²) in [5.41, 5.74) is 0. The van der Waals surface area contributed by atoms with Crippen molar-refractivity contribution in [3.8, 4) is 0 Å². The second-order valence-corrected chi connectivity index (χ2v) is 2.89. The molecule has 0 saturated heterocycles. The fraction of sp³-hybridized carbons (Fsp3) is 0.700. The van der Waals surface area contributed by atoms with Crippen LogP contribution in [0.4, 0.5) is 0 Å². The molecule has 1 unspecified atom stereocenters. The van der Waals surface area contributed by atoms with E-state index in [4.69, 9.17) is 4.74 Å². The number of hydrogen-bond acceptors (Lipinski definition) is 2. The predicted molar refractivity (Wildman–Crippen MR) is 49.9 cm³/mol. The monoisotopic (exact) mass is 170 g/mol. The SMILES string of the molecule is C=CCCC(CCC)OC(C)=O. The second-order valence-electron chi connectivity index (χ2n) is 2.89. The van der Waals surface area contributed by atoms with Gasteiger partial charge in [-0.25, -0.2) is 0 Å². The molecule has 0 heterocycles. The minimum absolute atomic E-state index is 0.0884. The van der Waals surface area contributed by atoms with Gasteiger partial charge in [-0.05, 0) is 19.3 Å². The fourth-order valence-electron chi connectivity index (χ4n) is 1.12.